The maximum absolute atomic E-state index is 12.8. The molecule has 11 heteroatoms. The Kier molecular flexibility index (Phi) is 8.53. The standard InChI is InChI=1S/C28H38N8O3/c29-26(39)25-27(30-23-8-6-21(7-9-23)22-10-15-34(19-37)16-11-22)31-28(33-32-25)36-14-4-5-20(18-36)17-24(38)35-12-2-1-3-13-35/h6-9,19-20,22H,1-5,10-18H2,(H2,29,39)(H,30,31,33)/t20-/m0/s1. The Bertz CT molecular complexity index is 1160. The number of nitrogens with zero attached hydrogens (tertiary/aromatic N) is 6. The molecule has 3 amide bonds. The van der Waals surface area contributed by atoms with Gasteiger partial charge in [-0.15, -0.1) is 10.2 Å². The van der Waals surface area contributed by atoms with Gasteiger partial charge in [-0.3, -0.25) is 14.4 Å². The molecule has 3 fully saturated rings. The van der Waals surface area contributed by atoms with Crippen molar-refractivity contribution in [2.45, 2.75) is 57.3 Å². The number of rotatable bonds is 8. The maximum Gasteiger partial charge on any atom is 0.273 e. The average Bonchev–Trinajstić information content (AvgIpc) is 2.98. The number of likely N-dealkylation sites (tertiary alicyclic amines) is 2. The fraction of sp³-hybridized carbons (Fsp3) is 0.571. The summed E-state index contributed by atoms with van der Waals surface area (Å²) in [5, 5.41) is 11.5. The number of aromatic nitrogens is 3. The molecular formula is C28H38N8O3. The van der Waals surface area contributed by atoms with Gasteiger partial charge >= 0.3 is 0 Å². The highest BCUT2D eigenvalue weighted by Gasteiger charge is 2.28. The van der Waals surface area contributed by atoms with E-state index in [1.54, 1.807) is 0 Å². The maximum atomic E-state index is 12.8. The zero-order valence-corrected chi connectivity index (χ0v) is 22.4. The first kappa shape index (κ1) is 26.8. The first-order valence-corrected chi connectivity index (χ1v) is 14.1. The molecular weight excluding hydrogens is 496 g/mol. The van der Waals surface area contributed by atoms with Gasteiger partial charge in [-0.1, -0.05) is 12.1 Å². The van der Waals surface area contributed by atoms with Gasteiger partial charge < -0.3 is 25.8 Å². The second kappa shape index (κ2) is 12.4. The third-order valence-electron chi connectivity index (χ3n) is 8.21. The minimum absolute atomic E-state index is 0.0158. The predicted octanol–water partition coefficient (Wildman–Crippen LogP) is 2.67. The van der Waals surface area contributed by atoms with E-state index in [1.807, 2.05) is 21.9 Å². The molecule has 0 bridgehead atoms. The Balaban J connectivity index is 1.25. The molecule has 0 unspecified atom stereocenters. The van der Waals surface area contributed by atoms with Gasteiger partial charge in [0.15, 0.2) is 11.5 Å². The van der Waals surface area contributed by atoms with Crippen LogP contribution in [0.5, 0.6) is 0 Å². The molecule has 3 aliphatic rings. The lowest BCUT2D eigenvalue weighted by Gasteiger charge is -2.34. The van der Waals surface area contributed by atoms with Crippen molar-refractivity contribution in [3.63, 3.8) is 0 Å². The highest BCUT2D eigenvalue weighted by atomic mass is 16.2. The summed E-state index contributed by atoms with van der Waals surface area (Å²) in [6.45, 7) is 4.72. The molecule has 0 saturated carbocycles. The molecule has 3 aliphatic heterocycles. The summed E-state index contributed by atoms with van der Waals surface area (Å²) < 4.78 is 0. The molecule has 4 heterocycles. The van der Waals surface area contributed by atoms with Crippen molar-refractivity contribution in [2.75, 3.05) is 49.5 Å². The summed E-state index contributed by atoms with van der Waals surface area (Å²) in [4.78, 5) is 46.4. The molecule has 39 heavy (non-hydrogen) atoms. The van der Waals surface area contributed by atoms with Crippen molar-refractivity contribution in [1.82, 2.24) is 25.0 Å². The van der Waals surface area contributed by atoms with E-state index in [0.29, 0.717) is 24.8 Å². The molecule has 5 rings (SSSR count). The van der Waals surface area contributed by atoms with E-state index >= 15 is 0 Å². The van der Waals surface area contributed by atoms with Crippen molar-refractivity contribution in [3.8, 4) is 0 Å². The van der Waals surface area contributed by atoms with Crippen molar-refractivity contribution in [3.05, 3.63) is 35.5 Å². The van der Waals surface area contributed by atoms with Crippen molar-refractivity contribution in [1.29, 1.82) is 0 Å². The molecule has 0 aliphatic carbocycles. The number of hydrogen-bond donors (Lipinski definition) is 2. The lowest BCUT2D eigenvalue weighted by atomic mass is 9.89. The van der Waals surface area contributed by atoms with Gasteiger partial charge in [0.2, 0.25) is 18.3 Å². The van der Waals surface area contributed by atoms with Gasteiger partial charge in [0, 0.05) is 51.4 Å². The van der Waals surface area contributed by atoms with Crippen molar-refractivity contribution >= 4 is 35.7 Å². The second-order valence-electron chi connectivity index (χ2n) is 10.9. The monoisotopic (exact) mass is 534 g/mol. The number of amides is 3. The number of carbonyl (C=O) groups excluding carboxylic acids is 3. The van der Waals surface area contributed by atoms with Crippen molar-refractivity contribution < 1.29 is 14.4 Å². The topological polar surface area (TPSA) is 138 Å². The SMILES string of the molecule is NC(=O)c1nnc(N2CCC[C@@H](CC(=O)N3CCCCC3)C2)nc1Nc1ccc(C2CCN(C=O)CC2)cc1. The van der Waals surface area contributed by atoms with E-state index in [2.05, 4.69) is 37.5 Å². The molecule has 1 aromatic heterocycles. The number of nitrogens with one attached hydrogen (secondary N) is 1. The largest absolute Gasteiger partial charge is 0.364 e. The van der Waals surface area contributed by atoms with E-state index < -0.39 is 5.91 Å². The number of primary amides is 1. The van der Waals surface area contributed by atoms with Crippen LogP contribution in [-0.4, -0.2) is 82.5 Å². The van der Waals surface area contributed by atoms with Crippen LogP contribution in [0.1, 0.15) is 73.3 Å². The van der Waals surface area contributed by atoms with Gasteiger partial charge in [0.05, 0.1) is 0 Å². The first-order valence-electron chi connectivity index (χ1n) is 14.1. The zero-order chi connectivity index (χ0) is 27.2. The summed E-state index contributed by atoms with van der Waals surface area (Å²) in [6, 6.07) is 8.05. The highest BCUT2D eigenvalue weighted by Crippen LogP contribution is 2.30. The molecule has 0 radical (unpaired) electrons. The predicted molar refractivity (Wildman–Crippen MR) is 148 cm³/mol. The fourth-order valence-electron chi connectivity index (χ4n) is 5.95. The first-order chi connectivity index (χ1) is 19.0. The number of anilines is 3. The van der Waals surface area contributed by atoms with Crippen LogP contribution in [0.15, 0.2) is 24.3 Å². The second-order valence-corrected chi connectivity index (χ2v) is 10.9. The van der Waals surface area contributed by atoms with Crippen LogP contribution in [0.25, 0.3) is 0 Å². The molecule has 3 N–H and O–H groups in total. The molecule has 1 atom stereocenters. The van der Waals surface area contributed by atoms with Gasteiger partial charge in [0.25, 0.3) is 5.91 Å². The normalized spacial score (nSPS) is 20.5. The van der Waals surface area contributed by atoms with Crippen LogP contribution in [-0.2, 0) is 9.59 Å². The van der Waals surface area contributed by atoms with Gasteiger partial charge in [-0.05, 0) is 74.5 Å². The Morgan fingerprint density at radius 2 is 1.69 bits per heavy atom. The smallest absolute Gasteiger partial charge is 0.273 e. The minimum Gasteiger partial charge on any atom is -0.364 e. The third kappa shape index (κ3) is 6.63. The summed E-state index contributed by atoms with van der Waals surface area (Å²) in [5.41, 5.74) is 7.56. The van der Waals surface area contributed by atoms with Crippen LogP contribution in [0.3, 0.4) is 0 Å². The van der Waals surface area contributed by atoms with Gasteiger partial charge in [-0.25, -0.2) is 0 Å². The summed E-state index contributed by atoms with van der Waals surface area (Å²) in [7, 11) is 0. The fourth-order valence-corrected chi connectivity index (χ4v) is 5.95. The van der Waals surface area contributed by atoms with E-state index in [4.69, 9.17) is 5.73 Å². The van der Waals surface area contributed by atoms with Gasteiger partial charge in [0.1, 0.15) is 0 Å². The number of nitrogens with two attached hydrogens (primary N) is 1. The molecule has 1 aromatic carbocycles. The van der Waals surface area contributed by atoms with Crippen LogP contribution < -0.4 is 16.0 Å². The Hall–Kier alpha value is -3.76. The van der Waals surface area contributed by atoms with E-state index in [1.165, 1.54) is 12.0 Å². The lowest BCUT2D eigenvalue weighted by Crippen LogP contribution is -2.41. The van der Waals surface area contributed by atoms with Gasteiger partial charge in [-0.2, -0.15) is 4.98 Å². The van der Waals surface area contributed by atoms with Crippen LogP contribution >= 0.6 is 0 Å². The summed E-state index contributed by atoms with van der Waals surface area (Å²) >= 11 is 0. The van der Waals surface area contributed by atoms with Crippen LogP contribution in [0.4, 0.5) is 17.5 Å². The number of piperidine rings is 3. The molecule has 0 spiro atoms. The van der Waals surface area contributed by atoms with E-state index in [9.17, 15) is 14.4 Å². The quantitative estimate of drug-likeness (QED) is 0.493. The molecule has 208 valence electrons. The Labute approximate surface area is 229 Å². The number of carbonyl (C=O) groups is 3. The molecule has 2 aromatic rings. The van der Waals surface area contributed by atoms with Crippen LogP contribution in [0.2, 0.25) is 0 Å². The van der Waals surface area contributed by atoms with E-state index in [-0.39, 0.29) is 23.3 Å². The highest BCUT2D eigenvalue weighted by molar-refractivity contribution is 5.96. The molecule has 3 saturated heterocycles. The lowest BCUT2D eigenvalue weighted by molar-refractivity contribution is -0.133. The van der Waals surface area contributed by atoms with Crippen molar-refractivity contribution in [2.24, 2.45) is 11.7 Å². The molecule has 11 nitrogen and oxygen atoms in total. The summed E-state index contributed by atoms with van der Waals surface area (Å²) in [6.07, 6.45) is 8.66. The average molecular weight is 535 g/mol. The van der Waals surface area contributed by atoms with E-state index in [0.717, 1.165) is 83.3 Å². The third-order valence-corrected chi connectivity index (χ3v) is 8.21. The van der Waals surface area contributed by atoms with Crippen LogP contribution in [0, 0.1) is 5.92 Å². The number of hydrogen-bond acceptors (Lipinski definition) is 8. The minimum atomic E-state index is -0.703. The number of benzene rings is 1. The summed E-state index contributed by atoms with van der Waals surface area (Å²) in [5.74, 6) is 0.880. The Morgan fingerprint density at radius 1 is 0.949 bits per heavy atom. The Morgan fingerprint density at radius 3 is 2.38 bits per heavy atom. The zero-order valence-electron chi connectivity index (χ0n) is 22.4.